The molecule has 0 saturated carbocycles. The van der Waals surface area contributed by atoms with Crippen LogP contribution in [0.25, 0.3) is 0 Å². The minimum Gasteiger partial charge on any atom is -0.366 e. The molecule has 7 heteroatoms. The van der Waals surface area contributed by atoms with Gasteiger partial charge in [0, 0.05) is 0 Å². The Bertz CT molecular complexity index is 383. The van der Waals surface area contributed by atoms with Crippen molar-refractivity contribution in [3.63, 3.8) is 0 Å². The van der Waals surface area contributed by atoms with Gasteiger partial charge in [-0.05, 0) is 22.0 Å². The van der Waals surface area contributed by atoms with Crippen LogP contribution in [-0.2, 0) is 0 Å². The number of alkyl halides is 2. The fourth-order valence-corrected chi connectivity index (χ4v) is 1.31. The lowest BCUT2D eigenvalue weighted by Crippen LogP contribution is -2.14. The molecule has 0 unspecified atom stereocenters. The second kappa shape index (κ2) is 3.95. The maximum absolute atomic E-state index is 12.9. The number of hydrogen-bond acceptors (Lipinski definition) is 2. The molecule has 0 saturated heterocycles. The van der Waals surface area contributed by atoms with Crippen molar-refractivity contribution in [2.24, 2.45) is 5.73 Å². The van der Waals surface area contributed by atoms with Gasteiger partial charge in [-0.1, -0.05) is 0 Å². The Kier molecular flexibility index (Phi) is 3.10. The summed E-state index contributed by atoms with van der Waals surface area (Å²) in [7, 11) is 0. The van der Waals surface area contributed by atoms with E-state index in [4.69, 9.17) is 5.73 Å². The molecule has 3 nitrogen and oxygen atoms in total. The van der Waals surface area contributed by atoms with Crippen LogP contribution in [0, 0.1) is 5.82 Å². The first-order chi connectivity index (χ1) is 6.43. The van der Waals surface area contributed by atoms with E-state index >= 15 is 0 Å². The smallest absolute Gasteiger partial charge is 0.283 e. The highest BCUT2D eigenvalue weighted by molar-refractivity contribution is 9.10. The van der Waals surface area contributed by atoms with Crippen LogP contribution < -0.4 is 5.73 Å². The van der Waals surface area contributed by atoms with Crippen LogP contribution in [0.2, 0.25) is 0 Å². The molecule has 1 amide bonds. The molecule has 0 aromatic carbocycles. The largest absolute Gasteiger partial charge is 0.366 e. The number of pyridine rings is 1. The predicted octanol–water partition coefficient (Wildman–Crippen LogP) is 2.02. The molecule has 14 heavy (non-hydrogen) atoms. The standard InChI is InChI=1S/C7H4BrF3N2O/c8-5-2(7(12)14)1-3(9)4(13-5)6(10)11/h1,6H,(H2,12,14). The van der Waals surface area contributed by atoms with Crippen LogP contribution >= 0.6 is 15.9 Å². The van der Waals surface area contributed by atoms with Crippen molar-refractivity contribution in [3.05, 3.63) is 27.7 Å². The normalized spacial score (nSPS) is 10.6. The van der Waals surface area contributed by atoms with E-state index in [9.17, 15) is 18.0 Å². The highest BCUT2D eigenvalue weighted by Crippen LogP contribution is 2.24. The molecule has 1 aromatic heterocycles. The number of amides is 1. The summed E-state index contributed by atoms with van der Waals surface area (Å²) >= 11 is 2.74. The van der Waals surface area contributed by atoms with Gasteiger partial charge in [-0.2, -0.15) is 0 Å². The van der Waals surface area contributed by atoms with Gasteiger partial charge >= 0.3 is 0 Å². The molecule has 0 aliphatic rings. The minimum atomic E-state index is -3.03. The van der Waals surface area contributed by atoms with Gasteiger partial charge in [0.25, 0.3) is 12.3 Å². The molecule has 0 spiro atoms. The van der Waals surface area contributed by atoms with E-state index in [1.165, 1.54) is 0 Å². The molecule has 0 bridgehead atoms. The summed E-state index contributed by atoms with van der Waals surface area (Å²) in [6.45, 7) is 0. The van der Waals surface area contributed by atoms with E-state index in [1.807, 2.05) is 0 Å². The van der Waals surface area contributed by atoms with Gasteiger partial charge in [0.15, 0.2) is 5.82 Å². The minimum absolute atomic E-state index is 0.193. The molecular formula is C7H4BrF3N2O. The molecule has 0 atom stereocenters. The van der Waals surface area contributed by atoms with Crippen molar-refractivity contribution in [2.45, 2.75) is 6.43 Å². The average molecular weight is 269 g/mol. The Morgan fingerprint density at radius 1 is 1.57 bits per heavy atom. The third-order valence-electron chi connectivity index (χ3n) is 1.43. The molecule has 0 aliphatic carbocycles. The van der Waals surface area contributed by atoms with E-state index in [0.717, 1.165) is 0 Å². The monoisotopic (exact) mass is 268 g/mol. The quantitative estimate of drug-likeness (QED) is 0.835. The lowest BCUT2D eigenvalue weighted by Gasteiger charge is -2.04. The molecule has 1 rings (SSSR count). The van der Waals surface area contributed by atoms with Crippen LogP contribution in [0.3, 0.4) is 0 Å². The molecule has 0 fully saturated rings. The summed E-state index contributed by atoms with van der Waals surface area (Å²) in [4.78, 5) is 13.8. The van der Waals surface area contributed by atoms with Crippen LogP contribution in [0.1, 0.15) is 22.5 Å². The maximum Gasteiger partial charge on any atom is 0.283 e. The number of hydrogen-bond donors (Lipinski definition) is 1. The molecule has 1 heterocycles. The zero-order valence-corrected chi connectivity index (χ0v) is 8.19. The Hall–Kier alpha value is -1.11. The lowest BCUT2D eigenvalue weighted by molar-refractivity contribution is 0.0997. The fourth-order valence-electron chi connectivity index (χ4n) is 0.805. The van der Waals surface area contributed by atoms with Crippen molar-refractivity contribution in [2.75, 3.05) is 0 Å². The summed E-state index contributed by atoms with van der Waals surface area (Å²) < 4.78 is 36.9. The molecule has 76 valence electrons. The van der Waals surface area contributed by atoms with Gasteiger partial charge in [0.1, 0.15) is 10.3 Å². The zero-order chi connectivity index (χ0) is 10.9. The third kappa shape index (κ3) is 2.03. The van der Waals surface area contributed by atoms with E-state index in [0.29, 0.717) is 6.07 Å². The second-order valence-corrected chi connectivity index (χ2v) is 3.11. The topological polar surface area (TPSA) is 56.0 Å². The Labute approximate surface area is 85.2 Å². The van der Waals surface area contributed by atoms with Gasteiger partial charge in [-0.15, -0.1) is 0 Å². The molecule has 0 radical (unpaired) electrons. The van der Waals surface area contributed by atoms with Crippen molar-refractivity contribution >= 4 is 21.8 Å². The molecule has 1 aromatic rings. The van der Waals surface area contributed by atoms with E-state index in [-0.39, 0.29) is 10.2 Å². The first kappa shape index (κ1) is 11.0. The third-order valence-corrected chi connectivity index (χ3v) is 2.03. The number of nitrogens with two attached hydrogens (primary N) is 1. The summed E-state index contributed by atoms with van der Waals surface area (Å²) in [5.74, 6) is -2.19. The van der Waals surface area contributed by atoms with Gasteiger partial charge in [0.05, 0.1) is 5.56 Å². The van der Waals surface area contributed by atoms with Gasteiger partial charge in [0.2, 0.25) is 0 Å². The summed E-state index contributed by atoms with van der Waals surface area (Å²) in [5, 5.41) is 0. The Morgan fingerprint density at radius 2 is 2.14 bits per heavy atom. The highest BCUT2D eigenvalue weighted by atomic mass is 79.9. The van der Waals surface area contributed by atoms with Gasteiger partial charge in [-0.25, -0.2) is 18.2 Å². The number of halogens is 4. The number of carbonyl (C=O) groups is 1. The molecule has 0 aliphatic heterocycles. The fraction of sp³-hybridized carbons (Fsp3) is 0.143. The van der Waals surface area contributed by atoms with Crippen molar-refractivity contribution in [3.8, 4) is 0 Å². The number of primary amides is 1. The number of carbonyl (C=O) groups excluding carboxylic acids is 1. The van der Waals surface area contributed by atoms with Crippen LogP contribution in [-0.4, -0.2) is 10.9 Å². The lowest BCUT2D eigenvalue weighted by atomic mass is 10.2. The second-order valence-electron chi connectivity index (χ2n) is 2.36. The first-order valence-corrected chi connectivity index (χ1v) is 4.16. The average Bonchev–Trinajstić information content (AvgIpc) is 2.07. The SMILES string of the molecule is NC(=O)c1cc(F)c(C(F)F)nc1Br. The predicted molar refractivity (Wildman–Crippen MR) is 45.4 cm³/mol. The number of nitrogens with zero attached hydrogens (tertiary/aromatic N) is 1. The van der Waals surface area contributed by atoms with Crippen LogP contribution in [0.5, 0.6) is 0 Å². The molecular weight excluding hydrogens is 265 g/mol. The van der Waals surface area contributed by atoms with E-state index in [2.05, 4.69) is 20.9 Å². The van der Waals surface area contributed by atoms with E-state index in [1.54, 1.807) is 0 Å². The van der Waals surface area contributed by atoms with Crippen molar-refractivity contribution in [1.82, 2.24) is 4.98 Å². The van der Waals surface area contributed by atoms with Crippen LogP contribution in [0.15, 0.2) is 10.7 Å². The Morgan fingerprint density at radius 3 is 2.57 bits per heavy atom. The highest BCUT2D eigenvalue weighted by Gasteiger charge is 2.19. The summed E-state index contributed by atoms with van der Waals surface area (Å²) in [5.41, 5.74) is 3.56. The first-order valence-electron chi connectivity index (χ1n) is 3.37. The summed E-state index contributed by atoms with van der Waals surface area (Å²) in [6, 6.07) is 0.626. The maximum atomic E-state index is 12.9. The Balaban J connectivity index is 3.31. The molecule has 2 N–H and O–H groups in total. The number of aromatic nitrogens is 1. The number of rotatable bonds is 2. The van der Waals surface area contributed by atoms with Crippen molar-refractivity contribution in [1.29, 1.82) is 0 Å². The van der Waals surface area contributed by atoms with E-state index < -0.39 is 23.8 Å². The van der Waals surface area contributed by atoms with Gasteiger partial charge < -0.3 is 5.73 Å². The van der Waals surface area contributed by atoms with Crippen LogP contribution in [0.4, 0.5) is 13.2 Å². The zero-order valence-electron chi connectivity index (χ0n) is 6.60. The summed E-state index contributed by atoms with van der Waals surface area (Å²) in [6.07, 6.45) is -3.03. The van der Waals surface area contributed by atoms with Gasteiger partial charge in [-0.3, -0.25) is 4.79 Å². The van der Waals surface area contributed by atoms with Crippen molar-refractivity contribution < 1.29 is 18.0 Å².